The van der Waals surface area contributed by atoms with E-state index in [0.29, 0.717) is 6.54 Å². The van der Waals surface area contributed by atoms with Gasteiger partial charge in [0.05, 0.1) is 12.2 Å². The summed E-state index contributed by atoms with van der Waals surface area (Å²) in [7, 11) is 0. The van der Waals surface area contributed by atoms with Gasteiger partial charge in [-0.2, -0.15) is 0 Å². The van der Waals surface area contributed by atoms with Crippen LogP contribution in [0, 0.1) is 0 Å². The zero-order chi connectivity index (χ0) is 14.4. The number of aryl methyl sites for hydroxylation is 1. The number of rotatable bonds is 5. The summed E-state index contributed by atoms with van der Waals surface area (Å²) in [5, 5.41) is 2.85. The molecule has 0 radical (unpaired) electrons. The first-order valence-electron chi connectivity index (χ1n) is 6.73. The van der Waals surface area contributed by atoms with E-state index in [9.17, 15) is 4.79 Å². The summed E-state index contributed by atoms with van der Waals surface area (Å²) in [5.41, 5.74) is 8.78. The quantitative estimate of drug-likeness (QED) is 0.872. The van der Waals surface area contributed by atoms with Crippen LogP contribution in [0.3, 0.4) is 0 Å². The van der Waals surface area contributed by atoms with Gasteiger partial charge in [0, 0.05) is 6.20 Å². The Kier molecular flexibility index (Phi) is 4.85. The lowest BCUT2D eigenvalue weighted by Gasteiger charge is -2.13. The number of hydrogen-bond acceptors (Lipinski definition) is 3. The van der Waals surface area contributed by atoms with Crippen LogP contribution in [0.4, 0.5) is 0 Å². The number of hydrogen-bond donors (Lipinski definition) is 2. The highest BCUT2D eigenvalue weighted by Gasteiger charge is 2.15. The Morgan fingerprint density at radius 3 is 2.70 bits per heavy atom. The molecule has 1 heterocycles. The third kappa shape index (κ3) is 3.42. The first kappa shape index (κ1) is 14.2. The van der Waals surface area contributed by atoms with Crippen molar-refractivity contribution < 1.29 is 4.79 Å². The van der Waals surface area contributed by atoms with Crippen LogP contribution in [0.15, 0.2) is 48.7 Å². The highest BCUT2D eigenvalue weighted by atomic mass is 16.2. The second-order valence-corrected chi connectivity index (χ2v) is 4.57. The van der Waals surface area contributed by atoms with Gasteiger partial charge in [0.1, 0.15) is 6.04 Å². The van der Waals surface area contributed by atoms with Crippen molar-refractivity contribution in [1.29, 1.82) is 0 Å². The van der Waals surface area contributed by atoms with Crippen LogP contribution in [0.25, 0.3) is 0 Å². The van der Waals surface area contributed by atoms with Crippen LogP contribution in [0.2, 0.25) is 0 Å². The topological polar surface area (TPSA) is 68.0 Å². The third-order valence-electron chi connectivity index (χ3n) is 3.24. The maximum absolute atomic E-state index is 12.1. The van der Waals surface area contributed by atoms with Crippen LogP contribution in [0.5, 0.6) is 0 Å². The largest absolute Gasteiger partial charge is 0.349 e. The van der Waals surface area contributed by atoms with Crippen LogP contribution in [-0.4, -0.2) is 10.9 Å². The van der Waals surface area contributed by atoms with Crippen molar-refractivity contribution in [1.82, 2.24) is 10.3 Å². The Morgan fingerprint density at radius 1 is 1.25 bits per heavy atom. The average Bonchev–Trinajstić information content (AvgIpc) is 2.53. The maximum Gasteiger partial charge on any atom is 0.241 e. The fourth-order valence-electron chi connectivity index (χ4n) is 2.04. The molecule has 1 atom stereocenters. The van der Waals surface area contributed by atoms with Gasteiger partial charge < -0.3 is 11.1 Å². The molecule has 1 amide bonds. The number of nitrogens with one attached hydrogen (secondary N) is 1. The van der Waals surface area contributed by atoms with Gasteiger partial charge in [-0.05, 0) is 23.6 Å². The summed E-state index contributed by atoms with van der Waals surface area (Å²) in [4.78, 5) is 16.4. The van der Waals surface area contributed by atoms with Gasteiger partial charge in [0.15, 0.2) is 0 Å². The molecule has 20 heavy (non-hydrogen) atoms. The molecule has 0 spiro atoms. The van der Waals surface area contributed by atoms with E-state index >= 15 is 0 Å². The zero-order valence-electron chi connectivity index (χ0n) is 11.5. The van der Waals surface area contributed by atoms with E-state index in [2.05, 4.69) is 17.2 Å². The molecule has 0 aliphatic heterocycles. The standard InChI is InChI=1S/C16H19N3O/c1-2-12-9-6-10-18-14(12)11-19-16(20)15(17)13-7-4-3-5-8-13/h3-10,15H,2,11,17H2,1H3,(H,19,20). The highest BCUT2D eigenvalue weighted by Crippen LogP contribution is 2.10. The Hall–Kier alpha value is -2.20. The second kappa shape index (κ2) is 6.82. The molecular weight excluding hydrogens is 250 g/mol. The zero-order valence-corrected chi connectivity index (χ0v) is 11.5. The highest BCUT2D eigenvalue weighted by molar-refractivity contribution is 5.82. The van der Waals surface area contributed by atoms with Crippen molar-refractivity contribution in [2.24, 2.45) is 5.73 Å². The summed E-state index contributed by atoms with van der Waals surface area (Å²) in [6.07, 6.45) is 2.63. The number of pyridine rings is 1. The summed E-state index contributed by atoms with van der Waals surface area (Å²) in [6.45, 7) is 2.47. The van der Waals surface area contributed by atoms with E-state index in [4.69, 9.17) is 5.73 Å². The number of nitrogens with two attached hydrogens (primary N) is 1. The van der Waals surface area contributed by atoms with Crippen molar-refractivity contribution in [2.75, 3.05) is 0 Å². The lowest BCUT2D eigenvalue weighted by molar-refractivity contribution is -0.122. The van der Waals surface area contributed by atoms with Gasteiger partial charge >= 0.3 is 0 Å². The molecule has 4 heteroatoms. The van der Waals surface area contributed by atoms with Gasteiger partial charge in [0.2, 0.25) is 5.91 Å². The monoisotopic (exact) mass is 269 g/mol. The first-order chi connectivity index (χ1) is 9.72. The Balaban J connectivity index is 1.99. The normalized spacial score (nSPS) is 11.9. The summed E-state index contributed by atoms with van der Waals surface area (Å²) >= 11 is 0. The molecule has 0 bridgehead atoms. The molecule has 4 nitrogen and oxygen atoms in total. The number of carbonyl (C=O) groups is 1. The Bertz CT molecular complexity index is 569. The van der Waals surface area contributed by atoms with Crippen LogP contribution in [-0.2, 0) is 17.8 Å². The lowest BCUT2D eigenvalue weighted by atomic mass is 10.1. The van der Waals surface area contributed by atoms with E-state index < -0.39 is 6.04 Å². The predicted octanol–water partition coefficient (Wildman–Crippen LogP) is 1.96. The number of nitrogens with zero attached hydrogens (tertiary/aromatic N) is 1. The first-order valence-corrected chi connectivity index (χ1v) is 6.73. The molecule has 0 saturated carbocycles. The van der Waals surface area contributed by atoms with Crippen molar-refractivity contribution in [3.63, 3.8) is 0 Å². The summed E-state index contributed by atoms with van der Waals surface area (Å²) < 4.78 is 0. The molecule has 3 N–H and O–H groups in total. The summed E-state index contributed by atoms with van der Waals surface area (Å²) in [6, 6.07) is 12.6. The second-order valence-electron chi connectivity index (χ2n) is 4.57. The minimum absolute atomic E-state index is 0.191. The average molecular weight is 269 g/mol. The SMILES string of the molecule is CCc1cccnc1CNC(=O)C(N)c1ccccc1. The van der Waals surface area contributed by atoms with E-state index in [1.807, 2.05) is 42.5 Å². The Morgan fingerprint density at radius 2 is 2.00 bits per heavy atom. The van der Waals surface area contributed by atoms with Crippen molar-refractivity contribution in [3.05, 3.63) is 65.5 Å². The number of aromatic nitrogens is 1. The molecule has 2 rings (SSSR count). The molecular formula is C16H19N3O. The molecule has 2 aromatic rings. The molecule has 0 aliphatic carbocycles. The molecule has 1 aromatic carbocycles. The minimum Gasteiger partial charge on any atom is -0.349 e. The van der Waals surface area contributed by atoms with Gasteiger partial charge in [-0.25, -0.2) is 0 Å². The van der Waals surface area contributed by atoms with Crippen LogP contribution < -0.4 is 11.1 Å². The van der Waals surface area contributed by atoms with E-state index in [-0.39, 0.29) is 5.91 Å². The van der Waals surface area contributed by atoms with Crippen molar-refractivity contribution in [2.45, 2.75) is 25.9 Å². The number of carbonyl (C=O) groups excluding carboxylic acids is 1. The van der Waals surface area contributed by atoms with E-state index in [1.54, 1.807) is 6.20 Å². The fraction of sp³-hybridized carbons (Fsp3) is 0.250. The molecule has 104 valence electrons. The van der Waals surface area contributed by atoms with Gasteiger partial charge in [-0.15, -0.1) is 0 Å². The van der Waals surface area contributed by atoms with E-state index in [0.717, 1.165) is 23.2 Å². The predicted molar refractivity (Wildman–Crippen MR) is 78.8 cm³/mol. The molecule has 0 fully saturated rings. The fourth-order valence-corrected chi connectivity index (χ4v) is 2.04. The lowest BCUT2D eigenvalue weighted by Crippen LogP contribution is -2.34. The molecule has 1 aromatic heterocycles. The van der Waals surface area contributed by atoms with Crippen LogP contribution >= 0.6 is 0 Å². The molecule has 1 unspecified atom stereocenters. The van der Waals surface area contributed by atoms with Crippen molar-refractivity contribution in [3.8, 4) is 0 Å². The molecule has 0 saturated heterocycles. The smallest absolute Gasteiger partial charge is 0.241 e. The maximum atomic E-state index is 12.1. The summed E-state index contributed by atoms with van der Waals surface area (Å²) in [5.74, 6) is -0.191. The van der Waals surface area contributed by atoms with Crippen LogP contribution in [0.1, 0.15) is 29.8 Å². The Labute approximate surface area is 119 Å². The third-order valence-corrected chi connectivity index (χ3v) is 3.24. The van der Waals surface area contributed by atoms with E-state index in [1.165, 1.54) is 0 Å². The van der Waals surface area contributed by atoms with Gasteiger partial charge in [0.25, 0.3) is 0 Å². The number of benzene rings is 1. The van der Waals surface area contributed by atoms with Gasteiger partial charge in [-0.3, -0.25) is 9.78 Å². The molecule has 0 aliphatic rings. The number of amides is 1. The van der Waals surface area contributed by atoms with Crippen molar-refractivity contribution >= 4 is 5.91 Å². The van der Waals surface area contributed by atoms with Gasteiger partial charge in [-0.1, -0.05) is 43.3 Å². The minimum atomic E-state index is -0.648.